The van der Waals surface area contributed by atoms with Crippen LogP contribution in [-0.4, -0.2) is 20.3 Å². The second-order valence-corrected chi connectivity index (χ2v) is 4.80. The molecule has 1 rings (SSSR count). The van der Waals surface area contributed by atoms with E-state index in [0.717, 1.165) is 5.56 Å². The van der Waals surface area contributed by atoms with Crippen LogP contribution in [0, 0.1) is 0 Å². The van der Waals surface area contributed by atoms with E-state index in [0.29, 0.717) is 11.5 Å². The highest BCUT2D eigenvalue weighted by Gasteiger charge is 2.16. The molecule has 92 valence electrons. The Morgan fingerprint density at radius 2 is 1.94 bits per heavy atom. The summed E-state index contributed by atoms with van der Waals surface area (Å²) in [6.07, 6.45) is 0. The molecule has 0 bridgehead atoms. The number of halogens is 1. The second-order valence-electron chi connectivity index (χ2n) is 3.46. The molecule has 0 saturated heterocycles. The number of hydrogen-bond donors (Lipinski definition) is 0. The molecular formula is C11H14IN3O2. The van der Waals surface area contributed by atoms with Crippen LogP contribution < -0.4 is 9.47 Å². The average Bonchev–Trinajstić information content (AvgIpc) is 2.37. The lowest BCUT2D eigenvalue weighted by atomic mass is 10.1. The average molecular weight is 347 g/mol. The normalized spacial score (nSPS) is 13.4. The smallest absolute Gasteiger partial charge is 0.161 e. The molecule has 0 radical (unpaired) electrons. The molecule has 2 atom stereocenters. The third-order valence-electron chi connectivity index (χ3n) is 2.38. The first-order valence-electron chi connectivity index (χ1n) is 5.04. The summed E-state index contributed by atoms with van der Waals surface area (Å²) in [5.74, 6) is 1.37. The number of benzene rings is 1. The summed E-state index contributed by atoms with van der Waals surface area (Å²) in [6, 6.07) is 5.59. The van der Waals surface area contributed by atoms with Crippen molar-refractivity contribution in [2.75, 3.05) is 14.2 Å². The Morgan fingerprint density at radius 3 is 2.47 bits per heavy atom. The Bertz CT molecular complexity index is 433. The summed E-state index contributed by atoms with van der Waals surface area (Å²) < 4.78 is 10.5. The van der Waals surface area contributed by atoms with Gasteiger partial charge in [0.1, 0.15) is 0 Å². The van der Waals surface area contributed by atoms with E-state index in [4.69, 9.17) is 15.0 Å². The van der Waals surface area contributed by atoms with E-state index in [9.17, 15) is 0 Å². The van der Waals surface area contributed by atoms with Crippen molar-refractivity contribution in [3.63, 3.8) is 0 Å². The summed E-state index contributed by atoms with van der Waals surface area (Å²) >= 11 is 2.25. The molecule has 0 heterocycles. The third-order valence-corrected chi connectivity index (χ3v) is 4.14. The SMILES string of the molecule is COc1ccc(C(I)C(C)N=[N+]=[N-])cc1OC. The van der Waals surface area contributed by atoms with Gasteiger partial charge in [0.2, 0.25) is 0 Å². The van der Waals surface area contributed by atoms with Crippen molar-refractivity contribution in [3.05, 3.63) is 34.2 Å². The molecule has 0 aliphatic carbocycles. The number of hydrogen-bond acceptors (Lipinski definition) is 3. The van der Waals surface area contributed by atoms with Crippen molar-refractivity contribution < 1.29 is 9.47 Å². The second kappa shape index (κ2) is 6.56. The van der Waals surface area contributed by atoms with Crippen LogP contribution in [0.15, 0.2) is 23.3 Å². The lowest BCUT2D eigenvalue weighted by Crippen LogP contribution is -2.06. The van der Waals surface area contributed by atoms with Crippen molar-refractivity contribution in [2.45, 2.75) is 16.9 Å². The maximum absolute atomic E-state index is 8.43. The van der Waals surface area contributed by atoms with Gasteiger partial charge in [-0.05, 0) is 23.2 Å². The van der Waals surface area contributed by atoms with Crippen LogP contribution in [0.25, 0.3) is 10.4 Å². The monoisotopic (exact) mass is 347 g/mol. The van der Waals surface area contributed by atoms with Crippen molar-refractivity contribution in [1.29, 1.82) is 0 Å². The molecule has 0 spiro atoms. The number of azide groups is 1. The van der Waals surface area contributed by atoms with Gasteiger partial charge in [0.15, 0.2) is 11.5 Å². The van der Waals surface area contributed by atoms with Gasteiger partial charge in [-0.15, -0.1) is 0 Å². The molecule has 2 unspecified atom stereocenters. The largest absolute Gasteiger partial charge is 0.493 e. The predicted octanol–water partition coefficient (Wildman–Crippen LogP) is 3.88. The van der Waals surface area contributed by atoms with E-state index in [1.165, 1.54) is 0 Å². The van der Waals surface area contributed by atoms with Crippen molar-refractivity contribution >= 4 is 22.6 Å². The first-order chi connectivity index (χ1) is 8.13. The van der Waals surface area contributed by atoms with E-state index in [2.05, 4.69) is 32.6 Å². The van der Waals surface area contributed by atoms with Gasteiger partial charge in [-0.3, -0.25) is 0 Å². The van der Waals surface area contributed by atoms with Gasteiger partial charge in [-0.2, -0.15) is 0 Å². The molecule has 1 aromatic rings. The molecule has 0 aliphatic rings. The maximum Gasteiger partial charge on any atom is 0.161 e. The molecule has 0 aromatic heterocycles. The Kier molecular flexibility index (Phi) is 5.37. The topological polar surface area (TPSA) is 67.2 Å². The van der Waals surface area contributed by atoms with Gasteiger partial charge in [0, 0.05) is 8.84 Å². The van der Waals surface area contributed by atoms with Crippen LogP contribution in [0.1, 0.15) is 16.4 Å². The highest BCUT2D eigenvalue weighted by molar-refractivity contribution is 14.1. The van der Waals surface area contributed by atoms with Gasteiger partial charge < -0.3 is 9.47 Å². The minimum Gasteiger partial charge on any atom is -0.493 e. The van der Waals surface area contributed by atoms with Gasteiger partial charge in [-0.25, -0.2) is 0 Å². The molecule has 1 aromatic carbocycles. The van der Waals surface area contributed by atoms with E-state index in [1.54, 1.807) is 14.2 Å². The lowest BCUT2D eigenvalue weighted by molar-refractivity contribution is 0.354. The summed E-state index contributed by atoms with van der Waals surface area (Å²) in [5, 5.41) is 3.70. The van der Waals surface area contributed by atoms with Crippen LogP contribution in [0.2, 0.25) is 0 Å². The highest BCUT2D eigenvalue weighted by atomic mass is 127. The zero-order valence-corrected chi connectivity index (χ0v) is 12.1. The minimum absolute atomic E-state index is 0.100. The highest BCUT2D eigenvalue weighted by Crippen LogP contribution is 2.35. The zero-order valence-electron chi connectivity index (χ0n) is 9.92. The predicted molar refractivity (Wildman–Crippen MR) is 74.9 cm³/mol. The van der Waals surface area contributed by atoms with Crippen LogP contribution in [0.5, 0.6) is 11.5 Å². The van der Waals surface area contributed by atoms with E-state index >= 15 is 0 Å². The number of nitrogens with zero attached hydrogens (tertiary/aromatic N) is 3. The van der Waals surface area contributed by atoms with E-state index < -0.39 is 0 Å². The third kappa shape index (κ3) is 3.41. The van der Waals surface area contributed by atoms with Gasteiger partial charge >= 0.3 is 0 Å². The zero-order chi connectivity index (χ0) is 12.8. The van der Waals surface area contributed by atoms with Crippen LogP contribution in [0.3, 0.4) is 0 Å². The fourth-order valence-electron chi connectivity index (χ4n) is 1.44. The molecule has 0 N–H and O–H groups in total. The van der Waals surface area contributed by atoms with E-state index in [-0.39, 0.29) is 9.97 Å². The number of rotatable bonds is 5. The van der Waals surface area contributed by atoms with Crippen molar-refractivity contribution in [3.8, 4) is 11.5 Å². The molecule has 0 fully saturated rings. The summed E-state index contributed by atoms with van der Waals surface area (Å²) in [5.41, 5.74) is 9.47. The molecule has 17 heavy (non-hydrogen) atoms. The van der Waals surface area contributed by atoms with Gasteiger partial charge in [-0.1, -0.05) is 40.7 Å². The minimum atomic E-state index is -0.112. The molecular weight excluding hydrogens is 333 g/mol. The fraction of sp³-hybridized carbons (Fsp3) is 0.455. The first-order valence-corrected chi connectivity index (χ1v) is 6.28. The van der Waals surface area contributed by atoms with Crippen molar-refractivity contribution in [1.82, 2.24) is 0 Å². The summed E-state index contributed by atoms with van der Waals surface area (Å²) in [4.78, 5) is 2.82. The quantitative estimate of drug-likeness (QED) is 0.267. The maximum atomic E-state index is 8.43. The molecule has 5 nitrogen and oxygen atoms in total. The molecule has 0 saturated carbocycles. The van der Waals surface area contributed by atoms with Gasteiger partial charge in [0.25, 0.3) is 0 Å². The number of ether oxygens (including phenoxy) is 2. The van der Waals surface area contributed by atoms with E-state index in [1.807, 2.05) is 25.1 Å². The molecule has 0 aliphatic heterocycles. The van der Waals surface area contributed by atoms with Crippen LogP contribution in [0.4, 0.5) is 0 Å². The Labute approximate surface area is 114 Å². The number of methoxy groups -OCH3 is 2. The Hall–Kier alpha value is -1.14. The molecule has 0 amide bonds. The lowest BCUT2D eigenvalue weighted by Gasteiger charge is -2.16. The number of alkyl halides is 1. The van der Waals surface area contributed by atoms with Crippen LogP contribution >= 0.6 is 22.6 Å². The Balaban J connectivity index is 3.02. The van der Waals surface area contributed by atoms with Crippen LogP contribution in [-0.2, 0) is 0 Å². The summed E-state index contributed by atoms with van der Waals surface area (Å²) in [6.45, 7) is 1.88. The summed E-state index contributed by atoms with van der Waals surface area (Å²) in [7, 11) is 3.20. The Morgan fingerprint density at radius 1 is 1.29 bits per heavy atom. The standard InChI is InChI=1S/C11H14IN3O2/c1-7(14-15-13)11(12)8-4-5-9(16-2)10(6-8)17-3/h4-7,11H,1-3H3. The molecule has 6 heteroatoms. The van der Waals surface area contributed by atoms with Gasteiger partial charge in [0.05, 0.1) is 20.3 Å². The fourth-order valence-corrected chi connectivity index (χ4v) is 1.97. The van der Waals surface area contributed by atoms with Crippen molar-refractivity contribution in [2.24, 2.45) is 5.11 Å². The first kappa shape index (κ1) is 13.9.